The zero-order valence-corrected chi connectivity index (χ0v) is 12.3. The molecule has 120 valence electrons. The van der Waals surface area contributed by atoms with E-state index in [0.717, 1.165) is 0 Å². The Bertz CT molecular complexity index is 518. The SMILES string of the molecule is CCCC(=O)NC(C(=O)NCC(=O)O)C(O)c1ccccc1. The van der Waals surface area contributed by atoms with Crippen LogP contribution >= 0.6 is 0 Å². The van der Waals surface area contributed by atoms with Crippen molar-refractivity contribution in [2.45, 2.75) is 31.9 Å². The number of amides is 2. The van der Waals surface area contributed by atoms with E-state index in [1.807, 2.05) is 6.92 Å². The van der Waals surface area contributed by atoms with E-state index in [1.54, 1.807) is 30.3 Å². The van der Waals surface area contributed by atoms with Crippen LogP contribution in [0.1, 0.15) is 31.4 Å². The topological polar surface area (TPSA) is 116 Å². The van der Waals surface area contributed by atoms with Crippen LogP contribution in [-0.4, -0.2) is 40.6 Å². The third kappa shape index (κ3) is 5.53. The molecule has 7 nitrogen and oxygen atoms in total. The summed E-state index contributed by atoms with van der Waals surface area (Å²) >= 11 is 0. The zero-order valence-electron chi connectivity index (χ0n) is 12.3. The van der Waals surface area contributed by atoms with Gasteiger partial charge in [0, 0.05) is 6.42 Å². The quantitative estimate of drug-likeness (QED) is 0.548. The fraction of sp³-hybridized carbons (Fsp3) is 0.400. The average molecular weight is 308 g/mol. The summed E-state index contributed by atoms with van der Waals surface area (Å²) in [5.41, 5.74) is 0.453. The highest BCUT2D eigenvalue weighted by Gasteiger charge is 2.29. The summed E-state index contributed by atoms with van der Waals surface area (Å²) in [7, 11) is 0. The maximum Gasteiger partial charge on any atom is 0.322 e. The second-order valence-corrected chi connectivity index (χ2v) is 4.76. The van der Waals surface area contributed by atoms with E-state index in [4.69, 9.17) is 5.11 Å². The van der Waals surface area contributed by atoms with Crippen molar-refractivity contribution in [3.8, 4) is 0 Å². The predicted molar refractivity (Wildman–Crippen MR) is 78.9 cm³/mol. The number of carboxylic acids is 1. The van der Waals surface area contributed by atoms with Crippen molar-refractivity contribution in [3.63, 3.8) is 0 Å². The van der Waals surface area contributed by atoms with Gasteiger partial charge in [-0.1, -0.05) is 37.3 Å². The summed E-state index contributed by atoms with van der Waals surface area (Å²) in [5.74, 6) is -2.34. The Kier molecular flexibility index (Phi) is 7.04. The molecule has 2 unspecified atom stereocenters. The van der Waals surface area contributed by atoms with Crippen LogP contribution < -0.4 is 10.6 Å². The number of aliphatic carboxylic acids is 1. The van der Waals surface area contributed by atoms with Gasteiger partial charge in [-0.3, -0.25) is 14.4 Å². The molecular formula is C15H20N2O5. The Hall–Kier alpha value is -2.41. The number of carbonyl (C=O) groups is 3. The summed E-state index contributed by atoms with van der Waals surface area (Å²) in [6.07, 6.45) is -0.461. The van der Waals surface area contributed by atoms with Crippen LogP contribution in [0.5, 0.6) is 0 Å². The van der Waals surface area contributed by atoms with Gasteiger partial charge in [0.05, 0.1) is 0 Å². The van der Waals surface area contributed by atoms with Gasteiger partial charge in [-0.25, -0.2) is 0 Å². The molecule has 1 rings (SSSR count). The highest BCUT2D eigenvalue weighted by molar-refractivity contribution is 5.90. The summed E-state index contributed by atoms with van der Waals surface area (Å²) in [6, 6.07) is 7.13. The van der Waals surface area contributed by atoms with E-state index in [1.165, 1.54) is 0 Å². The number of rotatable bonds is 8. The average Bonchev–Trinajstić information content (AvgIpc) is 2.50. The minimum absolute atomic E-state index is 0.213. The van der Waals surface area contributed by atoms with E-state index < -0.39 is 30.6 Å². The first-order chi connectivity index (χ1) is 10.5. The number of aliphatic hydroxyl groups excluding tert-OH is 1. The van der Waals surface area contributed by atoms with E-state index in [2.05, 4.69) is 10.6 Å². The van der Waals surface area contributed by atoms with Crippen molar-refractivity contribution in [1.82, 2.24) is 10.6 Å². The predicted octanol–water partition coefficient (Wildman–Crippen LogP) is 0.206. The first kappa shape index (κ1) is 17.6. The van der Waals surface area contributed by atoms with Gasteiger partial charge >= 0.3 is 5.97 Å². The Morgan fingerprint density at radius 1 is 1.18 bits per heavy atom. The molecule has 2 atom stereocenters. The molecule has 22 heavy (non-hydrogen) atoms. The van der Waals surface area contributed by atoms with Gasteiger partial charge in [0.2, 0.25) is 11.8 Å². The molecule has 0 fully saturated rings. The van der Waals surface area contributed by atoms with Crippen molar-refractivity contribution in [1.29, 1.82) is 0 Å². The molecule has 0 spiro atoms. The Labute approximate surface area is 128 Å². The smallest absolute Gasteiger partial charge is 0.322 e. The lowest BCUT2D eigenvalue weighted by Gasteiger charge is -2.23. The van der Waals surface area contributed by atoms with Crippen LogP contribution in [0.2, 0.25) is 0 Å². The minimum atomic E-state index is -1.27. The number of benzene rings is 1. The van der Waals surface area contributed by atoms with E-state index in [-0.39, 0.29) is 12.3 Å². The summed E-state index contributed by atoms with van der Waals surface area (Å²) in [4.78, 5) is 34.3. The van der Waals surface area contributed by atoms with Gasteiger partial charge in [-0.2, -0.15) is 0 Å². The molecule has 0 saturated heterocycles. The summed E-state index contributed by atoms with van der Waals surface area (Å²) < 4.78 is 0. The Morgan fingerprint density at radius 3 is 2.36 bits per heavy atom. The number of hydrogen-bond acceptors (Lipinski definition) is 4. The summed E-state index contributed by atoms with van der Waals surface area (Å²) in [5, 5.41) is 23.5. The molecule has 1 aromatic carbocycles. The van der Waals surface area contributed by atoms with Crippen molar-refractivity contribution >= 4 is 17.8 Å². The van der Waals surface area contributed by atoms with Crippen LogP contribution in [-0.2, 0) is 14.4 Å². The van der Waals surface area contributed by atoms with Crippen LogP contribution in [0.15, 0.2) is 30.3 Å². The number of aliphatic hydroxyl groups is 1. The standard InChI is InChI=1S/C15H20N2O5/c1-2-6-11(18)17-13(15(22)16-9-12(19)20)14(21)10-7-4-3-5-8-10/h3-5,7-8,13-14,21H,2,6,9H2,1H3,(H,16,22)(H,17,18)(H,19,20). The van der Waals surface area contributed by atoms with Crippen LogP contribution in [0, 0.1) is 0 Å². The number of hydrogen-bond donors (Lipinski definition) is 4. The number of carbonyl (C=O) groups excluding carboxylic acids is 2. The normalized spacial score (nSPS) is 13.0. The molecule has 0 aliphatic carbocycles. The lowest BCUT2D eigenvalue weighted by atomic mass is 10.0. The van der Waals surface area contributed by atoms with Gasteiger partial charge < -0.3 is 20.8 Å². The third-order valence-electron chi connectivity index (χ3n) is 2.95. The maximum absolute atomic E-state index is 12.1. The molecule has 0 heterocycles. The second-order valence-electron chi connectivity index (χ2n) is 4.76. The highest BCUT2D eigenvalue weighted by atomic mass is 16.4. The van der Waals surface area contributed by atoms with Gasteiger partial charge in [0.1, 0.15) is 18.7 Å². The number of carboxylic acid groups (broad SMARTS) is 1. The summed E-state index contributed by atoms with van der Waals surface area (Å²) in [6.45, 7) is 1.23. The van der Waals surface area contributed by atoms with Crippen molar-refractivity contribution in [2.75, 3.05) is 6.54 Å². The molecule has 0 aromatic heterocycles. The van der Waals surface area contributed by atoms with Gasteiger partial charge in [0.15, 0.2) is 0 Å². The van der Waals surface area contributed by atoms with E-state index >= 15 is 0 Å². The molecule has 0 aliphatic heterocycles. The van der Waals surface area contributed by atoms with Gasteiger partial charge in [-0.05, 0) is 12.0 Å². The lowest BCUT2D eigenvalue weighted by molar-refractivity contribution is -0.139. The molecule has 7 heteroatoms. The zero-order chi connectivity index (χ0) is 16.5. The van der Waals surface area contributed by atoms with Gasteiger partial charge in [-0.15, -0.1) is 0 Å². The van der Waals surface area contributed by atoms with Crippen molar-refractivity contribution in [2.24, 2.45) is 0 Å². The first-order valence-electron chi connectivity index (χ1n) is 6.97. The minimum Gasteiger partial charge on any atom is -0.480 e. The fourth-order valence-electron chi connectivity index (χ4n) is 1.88. The monoisotopic (exact) mass is 308 g/mol. The van der Waals surface area contributed by atoms with Crippen LogP contribution in [0.3, 0.4) is 0 Å². The van der Waals surface area contributed by atoms with Crippen molar-refractivity contribution in [3.05, 3.63) is 35.9 Å². The second kappa shape index (κ2) is 8.78. The van der Waals surface area contributed by atoms with E-state index in [0.29, 0.717) is 12.0 Å². The Balaban J connectivity index is 2.87. The van der Waals surface area contributed by atoms with Crippen molar-refractivity contribution < 1.29 is 24.6 Å². The maximum atomic E-state index is 12.1. The molecule has 0 saturated carbocycles. The molecule has 4 N–H and O–H groups in total. The number of nitrogens with one attached hydrogen (secondary N) is 2. The molecule has 0 bridgehead atoms. The molecular weight excluding hydrogens is 288 g/mol. The molecule has 2 amide bonds. The third-order valence-corrected chi connectivity index (χ3v) is 2.95. The lowest BCUT2D eigenvalue weighted by Crippen LogP contribution is -2.51. The first-order valence-corrected chi connectivity index (χ1v) is 6.97. The van der Waals surface area contributed by atoms with Gasteiger partial charge in [0.25, 0.3) is 0 Å². The highest BCUT2D eigenvalue weighted by Crippen LogP contribution is 2.17. The molecule has 0 radical (unpaired) electrons. The van der Waals surface area contributed by atoms with Crippen LogP contribution in [0.25, 0.3) is 0 Å². The molecule has 1 aromatic rings. The fourth-order valence-corrected chi connectivity index (χ4v) is 1.88. The van der Waals surface area contributed by atoms with E-state index in [9.17, 15) is 19.5 Å². The Morgan fingerprint density at radius 2 is 1.82 bits per heavy atom. The van der Waals surface area contributed by atoms with Crippen LogP contribution in [0.4, 0.5) is 0 Å². The molecule has 0 aliphatic rings. The largest absolute Gasteiger partial charge is 0.480 e.